The third-order valence-corrected chi connectivity index (χ3v) is 7.24. The summed E-state index contributed by atoms with van der Waals surface area (Å²) in [4.78, 5) is 9.51. The third-order valence-electron chi connectivity index (χ3n) is 5.19. The average Bonchev–Trinajstić information content (AvgIpc) is 3.20. The van der Waals surface area contributed by atoms with Gasteiger partial charge < -0.3 is 15.4 Å². The molecule has 0 saturated carbocycles. The second-order valence-corrected chi connectivity index (χ2v) is 9.10. The lowest BCUT2D eigenvalue weighted by Crippen LogP contribution is -2.32. The van der Waals surface area contributed by atoms with Gasteiger partial charge in [-0.25, -0.2) is 18.4 Å². The molecule has 9 heteroatoms. The fourth-order valence-electron chi connectivity index (χ4n) is 3.74. The molecule has 0 radical (unpaired) electrons. The topological polar surface area (TPSA) is 96.5 Å². The molecule has 1 unspecified atom stereocenters. The summed E-state index contributed by atoms with van der Waals surface area (Å²) in [5.74, 6) is 1.90. The molecular weight excluding hydrogens is 390 g/mol. The highest BCUT2D eigenvalue weighted by Gasteiger charge is 2.39. The first-order valence-electron chi connectivity index (χ1n) is 9.69. The van der Waals surface area contributed by atoms with Gasteiger partial charge in [-0.05, 0) is 57.0 Å². The Morgan fingerprint density at radius 2 is 1.93 bits per heavy atom. The second-order valence-electron chi connectivity index (χ2n) is 7.24. The Hall–Kier alpha value is -2.23. The summed E-state index contributed by atoms with van der Waals surface area (Å²) in [6.45, 7) is 4.68. The number of benzene rings is 1. The Labute approximate surface area is 172 Å². The first-order chi connectivity index (χ1) is 13.8. The maximum Gasteiger partial charge on any atom is 0.244 e. The molecule has 0 bridgehead atoms. The van der Waals surface area contributed by atoms with Crippen LogP contribution < -0.4 is 15.4 Å². The van der Waals surface area contributed by atoms with Crippen molar-refractivity contribution in [2.24, 2.45) is 0 Å². The van der Waals surface area contributed by atoms with Gasteiger partial charge in [0.15, 0.2) is 0 Å². The van der Waals surface area contributed by atoms with Crippen molar-refractivity contribution < 1.29 is 13.2 Å². The predicted octanol–water partition coefficient (Wildman–Crippen LogP) is 2.39. The number of sulfonamides is 1. The van der Waals surface area contributed by atoms with Crippen molar-refractivity contribution in [1.29, 1.82) is 0 Å². The first kappa shape index (κ1) is 21.5. The number of aryl methyl sites for hydroxylation is 2. The quantitative estimate of drug-likeness (QED) is 0.711. The molecule has 2 heterocycles. The molecule has 1 aromatic heterocycles. The molecule has 29 heavy (non-hydrogen) atoms. The monoisotopic (exact) mass is 419 g/mol. The second kappa shape index (κ2) is 8.64. The molecule has 2 N–H and O–H groups in total. The van der Waals surface area contributed by atoms with E-state index in [1.807, 2.05) is 20.0 Å². The standard InChI is InChI=1S/C20H29N5O3S/c1-13-10-18(14(2)9-17(13)28-5)29(26,27)25-8-6-7-16(25)20-23-15(12-21-3)11-19(22-4)24-20/h9-11,16,21H,6-8,12H2,1-5H3,(H,22,23,24). The van der Waals surface area contributed by atoms with Crippen LogP contribution in [0.4, 0.5) is 5.82 Å². The van der Waals surface area contributed by atoms with Crippen LogP contribution in [-0.2, 0) is 16.6 Å². The molecule has 158 valence electrons. The third kappa shape index (κ3) is 4.22. The molecule has 3 rings (SSSR count). The van der Waals surface area contributed by atoms with Gasteiger partial charge in [-0.15, -0.1) is 0 Å². The van der Waals surface area contributed by atoms with E-state index in [9.17, 15) is 8.42 Å². The van der Waals surface area contributed by atoms with E-state index in [2.05, 4.69) is 20.6 Å². The number of anilines is 1. The van der Waals surface area contributed by atoms with E-state index < -0.39 is 10.0 Å². The summed E-state index contributed by atoms with van der Waals surface area (Å²) in [5, 5.41) is 6.13. The van der Waals surface area contributed by atoms with E-state index in [0.29, 0.717) is 47.4 Å². The SMILES string of the molecule is CNCc1cc(NC)nc(C2CCCN2S(=O)(=O)c2cc(C)c(OC)cc2C)n1. The number of hydrogen-bond donors (Lipinski definition) is 2. The minimum absolute atomic E-state index is 0.308. The number of ether oxygens (including phenoxy) is 1. The van der Waals surface area contributed by atoms with E-state index in [-0.39, 0.29) is 6.04 Å². The van der Waals surface area contributed by atoms with E-state index in [1.165, 1.54) is 0 Å². The summed E-state index contributed by atoms with van der Waals surface area (Å²) in [7, 11) is 1.53. The predicted molar refractivity (Wildman–Crippen MR) is 113 cm³/mol. The van der Waals surface area contributed by atoms with Crippen molar-refractivity contribution in [2.75, 3.05) is 33.1 Å². The minimum atomic E-state index is -3.70. The molecule has 1 atom stereocenters. The van der Waals surface area contributed by atoms with Crippen molar-refractivity contribution in [3.8, 4) is 5.75 Å². The summed E-state index contributed by atoms with van der Waals surface area (Å²) in [6, 6.07) is 4.95. The Balaban J connectivity index is 2.03. The van der Waals surface area contributed by atoms with Gasteiger partial charge in [-0.2, -0.15) is 4.31 Å². The number of methoxy groups -OCH3 is 1. The van der Waals surface area contributed by atoms with Gasteiger partial charge in [0, 0.05) is 26.2 Å². The van der Waals surface area contributed by atoms with Crippen molar-refractivity contribution >= 4 is 15.8 Å². The van der Waals surface area contributed by atoms with Gasteiger partial charge in [0.2, 0.25) is 10.0 Å². The Morgan fingerprint density at radius 3 is 2.59 bits per heavy atom. The minimum Gasteiger partial charge on any atom is -0.496 e. The van der Waals surface area contributed by atoms with Gasteiger partial charge in [0.05, 0.1) is 23.7 Å². The van der Waals surface area contributed by atoms with Crippen LogP contribution in [0.15, 0.2) is 23.1 Å². The fourth-order valence-corrected chi connectivity index (χ4v) is 5.69. The molecule has 2 aromatic rings. The first-order valence-corrected chi connectivity index (χ1v) is 11.1. The normalized spacial score (nSPS) is 17.5. The lowest BCUT2D eigenvalue weighted by atomic mass is 10.1. The highest BCUT2D eigenvalue weighted by molar-refractivity contribution is 7.89. The van der Waals surface area contributed by atoms with E-state index in [1.54, 1.807) is 37.5 Å². The Bertz CT molecular complexity index is 994. The van der Waals surface area contributed by atoms with Gasteiger partial charge in [0.1, 0.15) is 17.4 Å². The molecule has 0 spiro atoms. The molecule has 1 aromatic carbocycles. The van der Waals surface area contributed by atoms with Gasteiger partial charge in [-0.1, -0.05) is 0 Å². The smallest absolute Gasteiger partial charge is 0.244 e. The Morgan fingerprint density at radius 1 is 1.17 bits per heavy atom. The zero-order valence-electron chi connectivity index (χ0n) is 17.6. The van der Waals surface area contributed by atoms with Crippen LogP contribution in [0.3, 0.4) is 0 Å². The largest absolute Gasteiger partial charge is 0.496 e. The average molecular weight is 420 g/mol. The van der Waals surface area contributed by atoms with Crippen LogP contribution in [0.25, 0.3) is 0 Å². The number of nitrogens with one attached hydrogen (secondary N) is 2. The molecule has 0 amide bonds. The van der Waals surface area contributed by atoms with Crippen LogP contribution >= 0.6 is 0 Å². The van der Waals surface area contributed by atoms with Gasteiger partial charge in [0.25, 0.3) is 0 Å². The molecule has 0 aliphatic carbocycles. The van der Waals surface area contributed by atoms with Gasteiger partial charge in [-0.3, -0.25) is 0 Å². The van der Waals surface area contributed by atoms with Gasteiger partial charge >= 0.3 is 0 Å². The number of aromatic nitrogens is 2. The van der Waals surface area contributed by atoms with Crippen LogP contribution in [0, 0.1) is 13.8 Å². The maximum atomic E-state index is 13.6. The lowest BCUT2D eigenvalue weighted by Gasteiger charge is -2.25. The summed E-state index contributed by atoms with van der Waals surface area (Å²) in [5.41, 5.74) is 2.28. The van der Waals surface area contributed by atoms with Crippen molar-refractivity contribution in [2.45, 2.75) is 44.2 Å². The van der Waals surface area contributed by atoms with Crippen molar-refractivity contribution in [1.82, 2.24) is 19.6 Å². The number of rotatable bonds is 7. The lowest BCUT2D eigenvalue weighted by molar-refractivity contribution is 0.382. The fraction of sp³-hybridized carbons (Fsp3) is 0.500. The maximum absolute atomic E-state index is 13.6. The van der Waals surface area contributed by atoms with Crippen LogP contribution in [0.1, 0.15) is 41.5 Å². The summed E-state index contributed by atoms with van der Waals surface area (Å²) < 4.78 is 34.0. The van der Waals surface area contributed by atoms with E-state index in [4.69, 9.17) is 4.74 Å². The summed E-state index contributed by atoms with van der Waals surface area (Å²) >= 11 is 0. The molecule has 1 aliphatic rings. The molecule has 1 aliphatic heterocycles. The van der Waals surface area contributed by atoms with Crippen LogP contribution in [0.2, 0.25) is 0 Å². The van der Waals surface area contributed by atoms with Crippen molar-refractivity contribution in [3.05, 3.63) is 40.8 Å². The number of hydrogen-bond acceptors (Lipinski definition) is 7. The van der Waals surface area contributed by atoms with E-state index in [0.717, 1.165) is 17.7 Å². The van der Waals surface area contributed by atoms with Crippen molar-refractivity contribution in [3.63, 3.8) is 0 Å². The summed E-state index contributed by atoms with van der Waals surface area (Å²) in [6.07, 6.45) is 1.46. The molecule has 1 fully saturated rings. The number of nitrogens with zero attached hydrogens (tertiary/aromatic N) is 3. The highest BCUT2D eigenvalue weighted by Crippen LogP contribution is 2.37. The molecule has 1 saturated heterocycles. The zero-order valence-corrected chi connectivity index (χ0v) is 18.4. The van der Waals surface area contributed by atoms with Crippen LogP contribution in [0.5, 0.6) is 5.75 Å². The molecule has 8 nitrogen and oxygen atoms in total. The highest BCUT2D eigenvalue weighted by atomic mass is 32.2. The molecular formula is C20H29N5O3S. The Kier molecular flexibility index (Phi) is 6.40. The zero-order chi connectivity index (χ0) is 21.2. The van der Waals surface area contributed by atoms with E-state index >= 15 is 0 Å². The van der Waals surface area contributed by atoms with Crippen LogP contribution in [-0.4, -0.2) is 50.4 Å².